The molecule has 0 heterocycles. The summed E-state index contributed by atoms with van der Waals surface area (Å²) in [4.78, 5) is 27.7. The van der Waals surface area contributed by atoms with E-state index in [1.807, 2.05) is 24.3 Å². The number of hydrogen-bond donors (Lipinski definition) is 0. The smallest absolute Gasteiger partial charge is 0.164 e. The molecule has 6 atom stereocenters. The number of ketones is 2. The average Bonchev–Trinajstić information content (AvgIpc) is 2.90. The first-order valence-corrected chi connectivity index (χ1v) is 15.6. The first kappa shape index (κ1) is 30.0. The van der Waals surface area contributed by atoms with E-state index in [1.54, 1.807) is 7.11 Å². The van der Waals surface area contributed by atoms with Crippen LogP contribution in [0.1, 0.15) is 111 Å². The van der Waals surface area contributed by atoms with E-state index in [9.17, 15) is 9.59 Å². The molecule has 0 radical (unpaired) electrons. The second-order valence-corrected chi connectivity index (χ2v) is 13.7. The molecule has 1 fully saturated rings. The molecule has 3 aliphatic carbocycles. The molecule has 0 spiro atoms. The van der Waals surface area contributed by atoms with Gasteiger partial charge in [-0.1, -0.05) is 84.9 Å². The standard InChI is InChI=1S/C35H52O4/c1-8-29(24(4)11-9-10-23(2)3)34(5)19-18-30-28(33(34)37)17-14-26-20-32(31(36)21-35(26,30)6)39-22-25-12-15-27(38-7)16-13-25/h12-13,15-16,23-24,26,29,32H,8-11,14,17-22H2,1-7H3/t24-,26+,29-,32-,34-,35+/m1/s1. The number of allylic oxidation sites excluding steroid dienone is 2. The number of Topliss-reactive ketones (excluding diaryl/α,β-unsaturated/α-hetero) is 2. The molecule has 1 aromatic rings. The monoisotopic (exact) mass is 536 g/mol. The Balaban J connectivity index is 1.46. The summed E-state index contributed by atoms with van der Waals surface area (Å²) in [6.07, 6.45) is 9.40. The van der Waals surface area contributed by atoms with Crippen LogP contribution in [-0.2, 0) is 20.9 Å². The molecular formula is C35H52O4. The number of ether oxygens (including phenoxy) is 2. The normalized spacial score (nSPS) is 30.7. The van der Waals surface area contributed by atoms with Crippen LogP contribution in [0.2, 0.25) is 0 Å². The first-order valence-electron chi connectivity index (χ1n) is 15.6. The van der Waals surface area contributed by atoms with Gasteiger partial charge in [0.05, 0.1) is 13.7 Å². The van der Waals surface area contributed by atoms with E-state index in [-0.39, 0.29) is 22.7 Å². The summed E-state index contributed by atoms with van der Waals surface area (Å²) in [5.74, 6) is 3.51. The van der Waals surface area contributed by atoms with Crippen molar-refractivity contribution in [2.45, 2.75) is 118 Å². The highest BCUT2D eigenvalue weighted by Gasteiger charge is 2.54. The average molecular weight is 537 g/mol. The molecule has 0 bridgehead atoms. The van der Waals surface area contributed by atoms with Crippen molar-refractivity contribution in [1.82, 2.24) is 0 Å². The first-order chi connectivity index (χ1) is 18.5. The van der Waals surface area contributed by atoms with E-state index in [0.29, 0.717) is 36.6 Å². The van der Waals surface area contributed by atoms with Crippen LogP contribution < -0.4 is 4.74 Å². The lowest BCUT2D eigenvalue weighted by molar-refractivity contribution is -0.143. The number of hydrogen-bond acceptors (Lipinski definition) is 4. The van der Waals surface area contributed by atoms with Gasteiger partial charge in [0.1, 0.15) is 11.9 Å². The molecule has 0 aromatic heterocycles. The Morgan fingerprint density at radius 1 is 1.03 bits per heavy atom. The number of rotatable bonds is 11. The van der Waals surface area contributed by atoms with Crippen LogP contribution in [-0.4, -0.2) is 24.8 Å². The summed E-state index contributed by atoms with van der Waals surface area (Å²) >= 11 is 0. The number of carbonyl (C=O) groups excluding carboxylic acids is 2. The van der Waals surface area contributed by atoms with E-state index >= 15 is 0 Å². The Morgan fingerprint density at radius 3 is 2.38 bits per heavy atom. The van der Waals surface area contributed by atoms with Gasteiger partial charge in [-0.2, -0.15) is 0 Å². The zero-order chi connectivity index (χ0) is 28.4. The molecule has 0 N–H and O–H groups in total. The van der Waals surface area contributed by atoms with Gasteiger partial charge in [-0.25, -0.2) is 0 Å². The second-order valence-electron chi connectivity index (χ2n) is 13.7. The summed E-state index contributed by atoms with van der Waals surface area (Å²) in [5.41, 5.74) is 2.96. The number of fused-ring (bicyclic) bond motifs is 2. The number of carbonyl (C=O) groups is 2. The highest BCUT2D eigenvalue weighted by Crippen LogP contribution is 2.59. The molecule has 1 aromatic carbocycles. The van der Waals surface area contributed by atoms with Crippen molar-refractivity contribution in [2.75, 3.05) is 7.11 Å². The summed E-state index contributed by atoms with van der Waals surface area (Å²) in [6, 6.07) is 7.84. The third kappa shape index (κ3) is 6.06. The van der Waals surface area contributed by atoms with Crippen LogP contribution in [0, 0.1) is 34.5 Å². The van der Waals surface area contributed by atoms with Crippen LogP contribution in [0.5, 0.6) is 5.75 Å². The molecule has 4 nitrogen and oxygen atoms in total. The van der Waals surface area contributed by atoms with Crippen molar-refractivity contribution in [1.29, 1.82) is 0 Å². The van der Waals surface area contributed by atoms with E-state index in [4.69, 9.17) is 9.47 Å². The third-order valence-corrected chi connectivity index (χ3v) is 10.8. The molecule has 0 saturated heterocycles. The minimum atomic E-state index is -0.354. The van der Waals surface area contributed by atoms with Gasteiger partial charge in [0, 0.05) is 11.8 Å². The Labute approximate surface area is 237 Å². The highest BCUT2D eigenvalue weighted by molar-refractivity contribution is 6.02. The van der Waals surface area contributed by atoms with Crippen LogP contribution in [0.25, 0.3) is 0 Å². The van der Waals surface area contributed by atoms with Crippen LogP contribution in [0.15, 0.2) is 35.4 Å². The Morgan fingerprint density at radius 2 is 1.74 bits per heavy atom. The van der Waals surface area contributed by atoms with Crippen LogP contribution in [0.3, 0.4) is 0 Å². The summed E-state index contributed by atoms with van der Waals surface area (Å²) < 4.78 is 11.4. The SMILES string of the molecule is CC[C@H]([C@H](C)CCCC(C)C)[C@@]1(C)CCC2=C(CC[C@H]3C[C@@H](OCc4ccc(OC)cc4)C(=O)C[C@]23C)C1=O. The van der Waals surface area contributed by atoms with Crippen molar-refractivity contribution in [3.8, 4) is 5.75 Å². The Hall–Kier alpha value is -1.94. The molecule has 3 aliphatic rings. The Bertz CT molecular complexity index is 1050. The minimum Gasteiger partial charge on any atom is -0.497 e. The van der Waals surface area contributed by atoms with Crippen molar-refractivity contribution >= 4 is 11.6 Å². The molecule has 39 heavy (non-hydrogen) atoms. The molecule has 0 aliphatic heterocycles. The van der Waals surface area contributed by atoms with Gasteiger partial charge in [0.15, 0.2) is 11.6 Å². The predicted molar refractivity (Wildman–Crippen MR) is 158 cm³/mol. The maximum Gasteiger partial charge on any atom is 0.164 e. The minimum absolute atomic E-state index is 0.196. The molecule has 216 valence electrons. The van der Waals surface area contributed by atoms with Gasteiger partial charge in [-0.05, 0) is 84.5 Å². The van der Waals surface area contributed by atoms with Gasteiger partial charge in [0.2, 0.25) is 0 Å². The van der Waals surface area contributed by atoms with E-state index in [1.165, 1.54) is 24.8 Å². The van der Waals surface area contributed by atoms with Crippen LogP contribution in [0.4, 0.5) is 0 Å². The van der Waals surface area contributed by atoms with Gasteiger partial charge < -0.3 is 9.47 Å². The zero-order valence-electron chi connectivity index (χ0n) is 25.6. The van der Waals surface area contributed by atoms with Crippen molar-refractivity contribution < 1.29 is 19.1 Å². The fourth-order valence-corrected chi connectivity index (χ4v) is 8.37. The van der Waals surface area contributed by atoms with Crippen molar-refractivity contribution in [3.05, 3.63) is 41.0 Å². The summed E-state index contributed by atoms with van der Waals surface area (Å²) in [6.45, 7) is 14.2. The topological polar surface area (TPSA) is 52.6 Å². The molecule has 0 unspecified atom stereocenters. The summed E-state index contributed by atoms with van der Waals surface area (Å²) in [5, 5.41) is 0. The fraction of sp³-hybridized carbons (Fsp3) is 0.714. The number of methoxy groups -OCH3 is 1. The van der Waals surface area contributed by atoms with Crippen molar-refractivity contribution in [2.24, 2.45) is 34.5 Å². The lowest BCUT2D eigenvalue weighted by Crippen LogP contribution is -2.50. The van der Waals surface area contributed by atoms with Gasteiger partial charge in [-0.15, -0.1) is 0 Å². The van der Waals surface area contributed by atoms with E-state index in [2.05, 4.69) is 41.5 Å². The zero-order valence-corrected chi connectivity index (χ0v) is 25.6. The van der Waals surface area contributed by atoms with Gasteiger partial charge in [-0.3, -0.25) is 9.59 Å². The lowest BCUT2D eigenvalue weighted by Gasteiger charge is -2.53. The van der Waals surface area contributed by atoms with Gasteiger partial charge in [0.25, 0.3) is 0 Å². The van der Waals surface area contributed by atoms with Crippen LogP contribution >= 0.6 is 0 Å². The molecule has 1 saturated carbocycles. The largest absolute Gasteiger partial charge is 0.497 e. The molecule has 4 heteroatoms. The molecule has 0 amide bonds. The van der Waals surface area contributed by atoms with E-state index < -0.39 is 0 Å². The second kappa shape index (κ2) is 12.3. The predicted octanol–water partition coefficient (Wildman–Crippen LogP) is 8.51. The maximum atomic E-state index is 14.3. The quantitative estimate of drug-likeness (QED) is 0.284. The third-order valence-electron chi connectivity index (χ3n) is 10.8. The van der Waals surface area contributed by atoms with E-state index in [0.717, 1.165) is 61.3 Å². The fourth-order valence-electron chi connectivity index (χ4n) is 8.37. The molecule has 4 rings (SSSR count). The van der Waals surface area contributed by atoms with Gasteiger partial charge >= 0.3 is 0 Å². The Kier molecular flexibility index (Phi) is 9.46. The lowest BCUT2D eigenvalue weighted by atomic mass is 9.51. The maximum absolute atomic E-state index is 14.3. The summed E-state index contributed by atoms with van der Waals surface area (Å²) in [7, 11) is 1.66. The van der Waals surface area contributed by atoms with Crippen molar-refractivity contribution in [3.63, 3.8) is 0 Å². The number of benzene rings is 1. The highest BCUT2D eigenvalue weighted by atomic mass is 16.5. The molecular weight excluding hydrogens is 484 g/mol.